The van der Waals surface area contributed by atoms with E-state index >= 15 is 0 Å². The third-order valence-electron chi connectivity index (χ3n) is 3.38. The summed E-state index contributed by atoms with van der Waals surface area (Å²) in [5, 5.41) is 19.3. The third-order valence-corrected chi connectivity index (χ3v) is 3.38. The van der Waals surface area contributed by atoms with Crippen LogP contribution in [-0.2, 0) is 4.74 Å². The van der Waals surface area contributed by atoms with Crippen LogP contribution >= 0.6 is 0 Å². The maximum absolute atomic E-state index is 10.2. The van der Waals surface area contributed by atoms with E-state index < -0.39 is 5.79 Å². The van der Waals surface area contributed by atoms with Crippen molar-refractivity contribution < 1.29 is 14.9 Å². The van der Waals surface area contributed by atoms with E-state index in [4.69, 9.17) is 9.84 Å². The van der Waals surface area contributed by atoms with Crippen molar-refractivity contribution in [1.29, 1.82) is 0 Å². The van der Waals surface area contributed by atoms with Crippen LogP contribution in [0.3, 0.4) is 0 Å². The number of aliphatic hydroxyl groups excluding tert-OH is 1. The minimum absolute atomic E-state index is 0.0855. The van der Waals surface area contributed by atoms with Crippen LogP contribution in [0.25, 0.3) is 0 Å². The molecule has 98 valence electrons. The molecular weight excluding hydrogens is 216 g/mol. The molecule has 0 amide bonds. The van der Waals surface area contributed by atoms with Gasteiger partial charge in [0.25, 0.3) is 0 Å². The minimum Gasteiger partial charge on any atom is -0.396 e. The Kier molecular flexibility index (Phi) is 5.89. The van der Waals surface area contributed by atoms with Crippen LogP contribution in [0.2, 0.25) is 0 Å². The van der Waals surface area contributed by atoms with Crippen LogP contribution in [-0.4, -0.2) is 28.7 Å². The molecule has 0 aromatic carbocycles. The molecule has 0 radical (unpaired) electrons. The molecule has 0 fully saturated rings. The number of allylic oxidation sites excluding steroid dienone is 3. The van der Waals surface area contributed by atoms with E-state index in [1.807, 2.05) is 26.0 Å². The van der Waals surface area contributed by atoms with Gasteiger partial charge in [-0.15, -0.1) is 0 Å². The lowest BCUT2D eigenvalue weighted by Gasteiger charge is -2.34. The zero-order valence-corrected chi connectivity index (χ0v) is 10.8. The lowest BCUT2D eigenvalue weighted by atomic mass is 9.92. The molecule has 17 heavy (non-hydrogen) atoms. The maximum atomic E-state index is 10.2. The minimum atomic E-state index is -1.06. The molecule has 0 aromatic rings. The van der Waals surface area contributed by atoms with Crippen molar-refractivity contribution >= 4 is 0 Å². The fraction of sp³-hybridized carbons (Fsp3) is 0.714. The molecule has 0 aliphatic heterocycles. The second-order valence-electron chi connectivity index (χ2n) is 4.53. The Hall–Kier alpha value is -0.640. The molecule has 0 aromatic heterocycles. The van der Waals surface area contributed by atoms with Crippen molar-refractivity contribution in [3.63, 3.8) is 0 Å². The van der Waals surface area contributed by atoms with Gasteiger partial charge in [0.2, 0.25) is 0 Å². The zero-order chi connectivity index (χ0) is 12.7. The zero-order valence-electron chi connectivity index (χ0n) is 10.8. The topological polar surface area (TPSA) is 49.7 Å². The molecule has 2 N–H and O–H groups in total. The van der Waals surface area contributed by atoms with Gasteiger partial charge in [0.15, 0.2) is 5.79 Å². The Balaban J connectivity index is 2.65. The smallest absolute Gasteiger partial charge is 0.165 e. The van der Waals surface area contributed by atoms with Gasteiger partial charge in [-0.2, -0.15) is 0 Å². The van der Waals surface area contributed by atoms with Crippen LogP contribution in [0.1, 0.15) is 39.5 Å². The molecule has 0 spiro atoms. The average molecular weight is 240 g/mol. The lowest BCUT2D eigenvalue weighted by Crippen LogP contribution is -2.39. The summed E-state index contributed by atoms with van der Waals surface area (Å²) in [6.45, 7) is 3.91. The maximum Gasteiger partial charge on any atom is 0.165 e. The van der Waals surface area contributed by atoms with E-state index in [-0.39, 0.29) is 18.6 Å². The Labute approximate surface area is 104 Å². The molecule has 1 unspecified atom stereocenters. The van der Waals surface area contributed by atoms with Gasteiger partial charge in [0, 0.05) is 12.5 Å². The SMILES string of the molecule is CCC(O)(CC)O[C@H](CCO)C1C=CC=CC1. The molecule has 1 aliphatic carbocycles. The average Bonchev–Trinajstić information content (AvgIpc) is 2.39. The largest absolute Gasteiger partial charge is 0.396 e. The van der Waals surface area contributed by atoms with Gasteiger partial charge in [0.1, 0.15) is 0 Å². The predicted octanol–water partition coefficient (Wildman–Crippen LogP) is 2.39. The third kappa shape index (κ3) is 4.26. The number of rotatable bonds is 7. The summed E-state index contributed by atoms with van der Waals surface area (Å²) in [6, 6.07) is 0. The standard InChI is InChI=1S/C14H24O3/c1-3-14(16,4-2)17-13(10-11-15)12-8-6-5-7-9-12/h5-8,12-13,15-16H,3-4,9-11H2,1-2H3/t12?,13-/m1/s1. The van der Waals surface area contributed by atoms with Gasteiger partial charge in [0.05, 0.1) is 6.10 Å². The van der Waals surface area contributed by atoms with Crippen LogP contribution in [0, 0.1) is 5.92 Å². The van der Waals surface area contributed by atoms with Crippen molar-refractivity contribution in [3.8, 4) is 0 Å². The summed E-state index contributed by atoms with van der Waals surface area (Å²) >= 11 is 0. The molecule has 0 bridgehead atoms. The molecule has 1 rings (SSSR count). The Bertz CT molecular complexity index is 267. The van der Waals surface area contributed by atoms with Crippen molar-refractivity contribution in [3.05, 3.63) is 24.3 Å². The molecule has 1 aliphatic rings. The second kappa shape index (κ2) is 6.94. The van der Waals surface area contributed by atoms with Crippen molar-refractivity contribution in [2.45, 2.75) is 51.4 Å². The van der Waals surface area contributed by atoms with E-state index in [9.17, 15) is 5.11 Å². The highest BCUT2D eigenvalue weighted by molar-refractivity contribution is 5.12. The summed E-state index contributed by atoms with van der Waals surface area (Å²) in [5.74, 6) is -0.814. The first-order valence-corrected chi connectivity index (χ1v) is 6.49. The highest BCUT2D eigenvalue weighted by Gasteiger charge is 2.30. The highest BCUT2D eigenvalue weighted by atomic mass is 16.6. The van der Waals surface area contributed by atoms with E-state index in [0.717, 1.165) is 6.42 Å². The molecule has 3 nitrogen and oxygen atoms in total. The van der Waals surface area contributed by atoms with Crippen molar-refractivity contribution in [2.24, 2.45) is 5.92 Å². The number of ether oxygens (including phenoxy) is 1. The summed E-state index contributed by atoms with van der Waals surface area (Å²) < 4.78 is 5.83. The Morgan fingerprint density at radius 3 is 2.53 bits per heavy atom. The normalized spacial score (nSPS) is 21.8. The predicted molar refractivity (Wildman–Crippen MR) is 68.5 cm³/mol. The first-order chi connectivity index (χ1) is 8.15. The summed E-state index contributed by atoms with van der Waals surface area (Å²) in [4.78, 5) is 0. The van der Waals surface area contributed by atoms with E-state index in [1.54, 1.807) is 0 Å². The van der Waals surface area contributed by atoms with Crippen LogP contribution < -0.4 is 0 Å². The molecule has 0 saturated heterocycles. The highest BCUT2D eigenvalue weighted by Crippen LogP contribution is 2.27. The van der Waals surface area contributed by atoms with E-state index in [1.165, 1.54) is 0 Å². The van der Waals surface area contributed by atoms with Crippen LogP contribution in [0.5, 0.6) is 0 Å². The Morgan fingerprint density at radius 1 is 1.35 bits per heavy atom. The van der Waals surface area contributed by atoms with Gasteiger partial charge in [-0.3, -0.25) is 0 Å². The van der Waals surface area contributed by atoms with Crippen LogP contribution in [0.15, 0.2) is 24.3 Å². The molecule has 3 heteroatoms. The number of aliphatic hydroxyl groups is 2. The first-order valence-electron chi connectivity index (χ1n) is 6.49. The molecule has 0 saturated carbocycles. The first kappa shape index (κ1) is 14.4. The van der Waals surface area contributed by atoms with Gasteiger partial charge in [-0.1, -0.05) is 38.2 Å². The van der Waals surface area contributed by atoms with Gasteiger partial charge < -0.3 is 14.9 Å². The van der Waals surface area contributed by atoms with E-state index in [0.29, 0.717) is 19.3 Å². The molecule has 0 heterocycles. The molecular formula is C14H24O3. The summed E-state index contributed by atoms with van der Waals surface area (Å²) in [5.41, 5.74) is 0. The summed E-state index contributed by atoms with van der Waals surface area (Å²) in [7, 11) is 0. The van der Waals surface area contributed by atoms with Gasteiger partial charge in [-0.25, -0.2) is 0 Å². The molecule has 2 atom stereocenters. The quantitative estimate of drug-likeness (QED) is 0.672. The lowest BCUT2D eigenvalue weighted by molar-refractivity contribution is -0.242. The van der Waals surface area contributed by atoms with Crippen molar-refractivity contribution in [2.75, 3.05) is 6.61 Å². The number of hydrogen-bond acceptors (Lipinski definition) is 3. The van der Waals surface area contributed by atoms with Crippen LogP contribution in [0.4, 0.5) is 0 Å². The fourth-order valence-electron chi connectivity index (χ4n) is 2.06. The van der Waals surface area contributed by atoms with Crippen molar-refractivity contribution in [1.82, 2.24) is 0 Å². The monoisotopic (exact) mass is 240 g/mol. The summed E-state index contributed by atoms with van der Waals surface area (Å²) in [6.07, 6.45) is 10.7. The number of hydrogen-bond donors (Lipinski definition) is 2. The van der Waals surface area contributed by atoms with Gasteiger partial charge in [-0.05, 0) is 25.7 Å². The fourth-order valence-corrected chi connectivity index (χ4v) is 2.06. The Morgan fingerprint density at radius 2 is 2.06 bits per heavy atom. The van der Waals surface area contributed by atoms with Gasteiger partial charge >= 0.3 is 0 Å². The second-order valence-corrected chi connectivity index (χ2v) is 4.53. The van der Waals surface area contributed by atoms with E-state index in [2.05, 4.69) is 12.2 Å².